The van der Waals surface area contributed by atoms with E-state index in [9.17, 15) is 28.3 Å². The predicted molar refractivity (Wildman–Crippen MR) is 139 cm³/mol. The smallest absolute Gasteiger partial charge is 0.323 e. The SMILES string of the molecule is O=C(O)CN(C(=O)CNN1C(=O)C(=Cc2cc(-c3ccc(F)c(F)c3)cs2)SC1=S)c1ccccc1. The Hall–Kier alpha value is -3.45. The molecular formula is C24H17F2N3O4S3. The molecule has 1 aromatic heterocycles. The summed E-state index contributed by atoms with van der Waals surface area (Å²) in [6.07, 6.45) is 1.62. The van der Waals surface area contributed by atoms with Crippen molar-refractivity contribution in [2.45, 2.75) is 0 Å². The predicted octanol–water partition coefficient (Wildman–Crippen LogP) is 4.52. The van der Waals surface area contributed by atoms with Gasteiger partial charge in [-0.1, -0.05) is 48.2 Å². The number of hydrogen-bond acceptors (Lipinski definition) is 7. The summed E-state index contributed by atoms with van der Waals surface area (Å²) in [6, 6.07) is 13.7. The maximum Gasteiger partial charge on any atom is 0.323 e. The lowest BCUT2D eigenvalue weighted by molar-refractivity contribution is -0.136. The van der Waals surface area contributed by atoms with Crippen LogP contribution in [0.4, 0.5) is 14.5 Å². The van der Waals surface area contributed by atoms with Gasteiger partial charge in [0, 0.05) is 10.6 Å². The Morgan fingerprint density at radius 2 is 1.83 bits per heavy atom. The average Bonchev–Trinajstić information content (AvgIpc) is 3.42. The second kappa shape index (κ2) is 11.1. The van der Waals surface area contributed by atoms with E-state index in [-0.39, 0.29) is 10.9 Å². The number of carboxylic acids is 1. The molecule has 0 atom stereocenters. The number of para-hydroxylation sites is 1. The van der Waals surface area contributed by atoms with Gasteiger partial charge in [-0.15, -0.1) is 11.3 Å². The van der Waals surface area contributed by atoms with Gasteiger partial charge in [0.2, 0.25) is 5.91 Å². The number of halogens is 2. The fourth-order valence-corrected chi connectivity index (χ4v) is 5.43. The van der Waals surface area contributed by atoms with E-state index in [1.54, 1.807) is 47.9 Å². The van der Waals surface area contributed by atoms with Crippen molar-refractivity contribution in [3.63, 3.8) is 0 Å². The van der Waals surface area contributed by atoms with Gasteiger partial charge in [0.25, 0.3) is 5.91 Å². The molecule has 0 spiro atoms. The number of nitrogens with one attached hydrogen (secondary N) is 1. The van der Waals surface area contributed by atoms with Crippen LogP contribution in [0.1, 0.15) is 4.88 Å². The van der Waals surface area contributed by atoms with Gasteiger partial charge < -0.3 is 10.0 Å². The molecule has 1 aliphatic heterocycles. The Balaban J connectivity index is 1.44. The first-order valence-corrected chi connectivity index (χ1v) is 12.5. The summed E-state index contributed by atoms with van der Waals surface area (Å²) in [5, 5.41) is 12.0. The number of nitrogens with zero attached hydrogens (tertiary/aromatic N) is 2. The van der Waals surface area contributed by atoms with Gasteiger partial charge in [-0.2, -0.15) is 0 Å². The molecule has 2 amide bonds. The maximum atomic E-state index is 13.6. The lowest BCUT2D eigenvalue weighted by Gasteiger charge is -2.23. The maximum absolute atomic E-state index is 13.6. The Morgan fingerprint density at radius 1 is 1.08 bits per heavy atom. The van der Waals surface area contributed by atoms with Crippen molar-refractivity contribution in [1.29, 1.82) is 0 Å². The van der Waals surface area contributed by atoms with E-state index >= 15 is 0 Å². The molecule has 36 heavy (non-hydrogen) atoms. The molecule has 2 aromatic carbocycles. The van der Waals surface area contributed by atoms with Crippen LogP contribution in [-0.2, 0) is 14.4 Å². The van der Waals surface area contributed by atoms with Crippen LogP contribution in [0.5, 0.6) is 0 Å². The zero-order chi connectivity index (χ0) is 25.8. The summed E-state index contributed by atoms with van der Waals surface area (Å²) in [4.78, 5) is 39.0. The van der Waals surface area contributed by atoms with Gasteiger partial charge in [0.05, 0.1) is 11.4 Å². The van der Waals surface area contributed by atoms with Crippen molar-refractivity contribution in [3.8, 4) is 11.1 Å². The van der Waals surface area contributed by atoms with Crippen LogP contribution in [-0.4, -0.2) is 45.3 Å². The molecule has 1 aliphatic rings. The third-order valence-corrected chi connectivity index (χ3v) is 7.17. The molecule has 12 heteroatoms. The van der Waals surface area contributed by atoms with E-state index in [2.05, 4.69) is 5.43 Å². The number of carbonyl (C=O) groups excluding carboxylic acids is 2. The minimum absolute atomic E-state index is 0.181. The standard InChI is InChI=1S/C24H17F2N3O4S3/c25-18-7-6-14(9-19(18)26)15-8-17(35-13-15)10-20-23(33)29(24(34)36-20)27-11-21(30)28(12-22(31)32)16-4-2-1-3-5-16/h1-10,13,27H,11-12H2,(H,31,32). The first-order valence-electron chi connectivity index (χ1n) is 10.4. The van der Waals surface area contributed by atoms with Gasteiger partial charge in [0.15, 0.2) is 16.0 Å². The second-order valence-corrected chi connectivity index (χ2v) is 10.0. The number of benzene rings is 2. The summed E-state index contributed by atoms with van der Waals surface area (Å²) in [7, 11) is 0. The van der Waals surface area contributed by atoms with Gasteiger partial charge in [0.1, 0.15) is 6.54 Å². The number of thioether (sulfide) groups is 1. The van der Waals surface area contributed by atoms with E-state index in [0.717, 1.165) is 33.8 Å². The first kappa shape index (κ1) is 25.6. The fourth-order valence-electron chi connectivity index (χ4n) is 3.30. The van der Waals surface area contributed by atoms with Crippen LogP contribution in [0, 0.1) is 11.6 Å². The van der Waals surface area contributed by atoms with E-state index in [4.69, 9.17) is 12.2 Å². The van der Waals surface area contributed by atoms with Gasteiger partial charge >= 0.3 is 5.97 Å². The molecular weight excluding hydrogens is 528 g/mol. The number of carbonyl (C=O) groups is 3. The van der Waals surface area contributed by atoms with E-state index in [1.165, 1.54) is 17.4 Å². The summed E-state index contributed by atoms with van der Waals surface area (Å²) < 4.78 is 27.0. The molecule has 4 rings (SSSR count). The van der Waals surface area contributed by atoms with Crippen LogP contribution in [0.2, 0.25) is 0 Å². The van der Waals surface area contributed by atoms with Crippen LogP contribution in [0.3, 0.4) is 0 Å². The summed E-state index contributed by atoms with van der Waals surface area (Å²) in [6.45, 7) is -0.900. The number of aliphatic carboxylic acids is 1. The molecule has 0 bridgehead atoms. The summed E-state index contributed by atoms with van der Waals surface area (Å²) in [5.74, 6) is -4.09. The van der Waals surface area contributed by atoms with Crippen molar-refractivity contribution in [2.24, 2.45) is 0 Å². The number of amides is 2. The van der Waals surface area contributed by atoms with Crippen molar-refractivity contribution in [2.75, 3.05) is 18.0 Å². The number of carboxylic acid groups (broad SMARTS) is 1. The molecule has 7 nitrogen and oxygen atoms in total. The Labute approximate surface area is 218 Å². The quantitative estimate of drug-likeness (QED) is 0.318. The summed E-state index contributed by atoms with van der Waals surface area (Å²) >= 11 is 7.62. The summed E-state index contributed by atoms with van der Waals surface area (Å²) in [5.41, 5.74) is 4.27. The average molecular weight is 546 g/mol. The molecule has 0 radical (unpaired) electrons. The van der Waals surface area contributed by atoms with Crippen molar-refractivity contribution >= 4 is 69.2 Å². The number of hydrogen-bond donors (Lipinski definition) is 2. The number of thiocarbonyl (C=S) groups is 1. The van der Waals surface area contributed by atoms with Crippen molar-refractivity contribution in [1.82, 2.24) is 10.4 Å². The largest absolute Gasteiger partial charge is 0.480 e. The lowest BCUT2D eigenvalue weighted by Crippen LogP contribution is -2.48. The normalized spacial score (nSPS) is 14.5. The first-order chi connectivity index (χ1) is 17.2. The van der Waals surface area contributed by atoms with E-state index < -0.39 is 36.0 Å². The van der Waals surface area contributed by atoms with Crippen LogP contribution in [0.25, 0.3) is 17.2 Å². The van der Waals surface area contributed by atoms with Crippen LogP contribution < -0.4 is 10.3 Å². The topological polar surface area (TPSA) is 89.9 Å². The molecule has 0 unspecified atom stereocenters. The number of rotatable bonds is 8. The third kappa shape index (κ3) is 5.85. The third-order valence-electron chi connectivity index (χ3n) is 4.99. The Kier molecular flexibility index (Phi) is 7.89. The number of thiophene rings is 1. The molecule has 3 aromatic rings. The Bertz CT molecular complexity index is 1380. The minimum atomic E-state index is -1.18. The number of hydrazine groups is 1. The molecule has 0 aliphatic carbocycles. The molecule has 184 valence electrons. The highest BCUT2D eigenvalue weighted by Crippen LogP contribution is 2.34. The van der Waals surface area contributed by atoms with Crippen LogP contribution in [0.15, 0.2) is 64.9 Å². The van der Waals surface area contributed by atoms with Gasteiger partial charge in [-0.3, -0.25) is 14.4 Å². The van der Waals surface area contributed by atoms with Crippen LogP contribution >= 0.6 is 35.3 Å². The lowest BCUT2D eigenvalue weighted by atomic mass is 10.1. The van der Waals surface area contributed by atoms with Gasteiger partial charge in [-0.05, 0) is 52.9 Å². The Morgan fingerprint density at radius 3 is 2.53 bits per heavy atom. The molecule has 0 saturated carbocycles. The molecule has 1 fully saturated rings. The highest BCUT2D eigenvalue weighted by Gasteiger charge is 2.33. The monoisotopic (exact) mass is 545 g/mol. The van der Waals surface area contributed by atoms with Crippen molar-refractivity contribution in [3.05, 3.63) is 81.4 Å². The number of anilines is 1. The highest BCUT2D eigenvalue weighted by molar-refractivity contribution is 8.26. The van der Waals surface area contributed by atoms with Gasteiger partial charge in [-0.25, -0.2) is 19.2 Å². The van der Waals surface area contributed by atoms with E-state index in [1.807, 2.05) is 0 Å². The zero-order valence-corrected chi connectivity index (χ0v) is 20.8. The fraction of sp³-hybridized carbons (Fsp3) is 0.0833. The molecule has 2 N–H and O–H groups in total. The minimum Gasteiger partial charge on any atom is -0.480 e. The highest BCUT2D eigenvalue weighted by atomic mass is 32.2. The van der Waals surface area contributed by atoms with E-state index in [0.29, 0.717) is 26.6 Å². The molecule has 1 saturated heterocycles. The zero-order valence-electron chi connectivity index (χ0n) is 18.3. The molecule has 2 heterocycles. The van der Waals surface area contributed by atoms with Crippen molar-refractivity contribution < 1.29 is 28.3 Å². The second-order valence-electron chi connectivity index (χ2n) is 7.43.